The molecule has 3 aliphatic rings. The first-order chi connectivity index (χ1) is 18.9. The van der Waals surface area contributed by atoms with Crippen LogP contribution in [0.2, 0.25) is 0 Å². The van der Waals surface area contributed by atoms with Crippen molar-refractivity contribution in [2.45, 2.75) is 44.2 Å². The van der Waals surface area contributed by atoms with E-state index in [0.717, 1.165) is 53.5 Å². The highest BCUT2D eigenvalue weighted by molar-refractivity contribution is 7.18. The Balaban J connectivity index is 1.08. The highest BCUT2D eigenvalue weighted by Gasteiger charge is 2.35. The molecule has 3 amide bonds. The highest BCUT2D eigenvalue weighted by Crippen LogP contribution is 2.37. The number of thiazole rings is 1. The molecule has 0 aliphatic carbocycles. The summed E-state index contributed by atoms with van der Waals surface area (Å²) in [5.41, 5.74) is 3.50. The summed E-state index contributed by atoms with van der Waals surface area (Å²) in [6, 6.07) is 10.0. The summed E-state index contributed by atoms with van der Waals surface area (Å²) < 4.78 is 0. The van der Waals surface area contributed by atoms with Crippen molar-refractivity contribution in [2.24, 2.45) is 0 Å². The smallest absolute Gasteiger partial charge is 0.264 e. The number of carbonyl (C=O) groups excluding carboxylic acids is 3. The normalized spacial score (nSPS) is 19.4. The number of nitrogens with one attached hydrogen (secondary N) is 4. The van der Waals surface area contributed by atoms with Gasteiger partial charge in [-0.1, -0.05) is 6.07 Å². The standard InChI is InChI=1S/C28H32N6O3S2/c1-16(35)31-10-17-7-18(20-11-29-12-20)9-19(8-17)24-13-32-27(39-24)21-14-34(15-21)28(37)23-4-5-25(38-23)33-26(36)22-3-2-6-30-22/h4-5,7-9,13,20-22,29-30H,2-3,6,10-12,14-15H2,1H3,(H,31,35)(H,33,36)/t22-/m0/s1. The third-order valence-corrected chi connectivity index (χ3v) is 9.77. The fraction of sp³-hybridized carbons (Fsp3) is 0.429. The molecule has 0 bridgehead atoms. The molecule has 3 fully saturated rings. The van der Waals surface area contributed by atoms with Gasteiger partial charge in [0.15, 0.2) is 0 Å². The number of benzene rings is 1. The lowest BCUT2D eigenvalue weighted by atomic mass is 9.90. The van der Waals surface area contributed by atoms with Crippen LogP contribution in [0.1, 0.15) is 57.4 Å². The molecule has 9 nitrogen and oxygen atoms in total. The van der Waals surface area contributed by atoms with E-state index < -0.39 is 0 Å². The van der Waals surface area contributed by atoms with Crippen LogP contribution in [0.4, 0.5) is 5.00 Å². The highest BCUT2D eigenvalue weighted by atomic mass is 32.1. The van der Waals surface area contributed by atoms with Crippen LogP contribution in [-0.2, 0) is 16.1 Å². The molecule has 0 saturated carbocycles. The van der Waals surface area contributed by atoms with Crippen LogP contribution in [0.3, 0.4) is 0 Å². The first-order valence-corrected chi connectivity index (χ1v) is 15.0. The number of amides is 3. The second kappa shape index (κ2) is 11.2. The SMILES string of the molecule is CC(=O)NCc1cc(-c2cnc(C3CN(C(=O)c4ccc(NC(=O)[C@@H]5CCCN5)s4)C3)s2)cc(C2CNC2)c1. The van der Waals surface area contributed by atoms with Crippen molar-refractivity contribution in [2.75, 3.05) is 38.0 Å². The number of hydrogen-bond donors (Lipinski definition) is 4. The summed E-state index contributed by atoms with van der Waals surface area (Å²) >= 11 is 3.01. The third kappa shape index (κ3) is 5.76. The Labute approximate surface area is 235 Å². The van der Waals surface area contributed by atoms with Crippen molar-refractivity contribution < 1.29 is 14.4 Å². The van der Waals surface area contributed by atoms with Crippen molar-refractivity contribution in [3.05, 3.63) is 57.5 Å². The fourth-order valence-corrected chi connectivity index (χ4v) is 7.02. The zero-order valence-electron chi connectivity index (χ0n) is 21.8. The average molecular weight is 565 g/mol. The molecule has 1 aromatic carbocycles. The molecule has 1 atom stereocenters. The Morgan fingerprint density at radius 2 is 1.95 bits per heavy atom. The minimum Gasteiger partial charge on any atom is -0.352 e. The van der Waals surface area contributed by atoms with Crippen LogP contribution >= 0.6 is 22.7 Å². The third-order valence-electron chi connectivity index (χ3n) is 7.58. The number of aromatic nitrogens is 1. The molecule has 5 heterocycles. The van der Waals surface area contributed by atoms with Gasteiger partial charge < -0.3 is 26.2 Å². The second-order valence-electron chi connectivity index (χ2n) is 10.5. The Kier molecular flexibility index (Phi) is 7.48. The van der Waals surface area contributed by atoms with E-state index in [1.807, 2.05) is 17.2 Å². The van der Waals surface area contributed by atoms with Crippen LogP contribution in [0, 0.1) is 0 Å². The molecule has 39 heavy (non-hydrogen) atoms. The van der Waals surface area contributed by atoms with Crippen LogP contribution in [0.5, 0.6) is 0 Å². The summed E-state index contributed by atoms with van der Waals surface area (Å²) in [6.45, 7) is 6.13. The van der Waals surface area contributed by atoms with Gasteiger partial charge in [-0.2, -0.15) is 0 Å². The van der Waals surface area contributed by atoms with Gasteiger partial charge in [-0.05, 0) is 60.3 Å². The van der Waals surface area contributed by atoms with Crippen molar-refractivity contribution in [3.63, 3.8) is 0 Å². The lowest BCUT2D eigenvalue weighted by Gasteiger charge is -2.37. The summed E-state index contributed by atoms with van der Waals surface area (Å²) in [4.78, 5) is 45.1. The van der Waals surface area contributed by atoms with Gasteiger partial charge in [-0.15, -0.1) is 22.7 Å². The number of thiophene rings is 1. The van der Waals surface area contributed by atoms with E-state index in [4.69, 9.17) is 4.98 Å². The molecule has 3 aromatic rings. The quantitative estimate of drug-likeness (QED) is 0.334. The lowest BCUT2D eigenvalue weighted by molar-refractivity contribution is -0.119. The van der Waals surface area contributed by atoms with Gasteiger partial charge >= 0.3 is 0 Å². The molecule has 3 saturated heterocycles. The second-order valence-corrected chi connectivity index (χ2v) is 12.6. The van der Waals surface area contributed by atoms with E-state index in [1.54, 1.807) is 17.4 Å². The summed E-state index contributed by atoms with van der Waals surface area (Å²) in [7, 11) is 0. The fourth-order valence-electron chi connectivity index (χ4n) is 5.15. The zero-order chi connectivity index (χ0) is 26.9. The molecular formula is C28H32N6O3S2. The largest absolute Gasteiger partial charge is 0.352 e. The minimum atomic E-state index is -0.146. The van der Waals surface area contributed by atoms with Gasteiger partial charge in [0.05, 0.1) is 25.8 Å². The summed E-state index contributed by atoms with van der Waals surface area (Å²) in [6.07, 6.45) is 3.78. The van der Waals surface area contributed by atoms with Crippen LogP contribution in [0.15, 0.2) is 36.5 Å². The Hall–Kier alpha value is -3.12. The number of nitrogens with zero attached hydrogens (tertiary/aromatic N) is 2. The lowest BCUT2D eigenvalue weighted by Crippen LogP contribution is -2.48. The number of anilines is 1. The van der Waals surface area contributed by atoms with Crippen molar-refractivity contribution in [3.8, 4) is 10.4 Å². The van der Waals surface area contributed by atoms with Crippen LogP contribution in [0.25, 0.3) is 10.4 Å². The summed E-state index contributed by atoms with van der Waals surface area (Å²) in [5, 5.41) is 14.1. The maximum Gasteiger partial charge on any atom is 0.264 e. The maximum atomic E-state index is 13.0. The maximum absolute atomic E-state index is 13.0. The number of carbonyl (C=O) groups is 3. The van der Waals surface area contributed by atoms with Crippen molar-refractivity contribution >= 4 is 45.4 Å². The van der Waals surface area contributed by atoms with E-state index >= 15 is 0 Å². The number of hydrogen-bond acceptors (Lipinski definition) is 8. The van der Waals surface area contributed by atoms with Gasteiger partial charge in [0.2, 0.25) is 11.8 Å². The molecule has 204 valence electrons. The van der Waals surface area contributed by atoms with E-state index in [2.05, 4.69) is 39.5 Å². The van der Waals surface area contributed by atoms with E-state index in [9.17, 15) is 14.4 Å². The van der Waals surface area contributed by atoms with E-state index in [-0.39, 0.29) is 29.7 Å². The Morgan fingerprint density at radius 3 is 2.67 bits per heavy atom. The van der Waals surface area contributed by atoms with Gasteiger partial charge in [-0.25, -0.2) is 4.98 Å². The first kappa shape index (κ1) is 26.1. The van der Waals surface area contributed by atoms with Crippen molar-refractivity contribution in [1.29, 1.82) is 0 Å². The predicted molar refractivity (Wildman–Crippen MR) is 153 cm³/mol. The van der Waals surface area contributed by atoms with E-state index in [0.29, 0.717) is 35.4 Å². The molecule has 0 radical (unpaired) electrons. The van der Waals surface area contributed by atoms with E-state index in [1.165, 1.54) is 23.8 Å². The average Bonchev–Trinajstić information content (AvgIpc) is 3.62. The van der Waals surface area contributed by atoms with Gasteiger partial charge in [0.25, 0.3) is 5.91 Å². The first-order valence-electron chi connectivity index (χ1n) is 13.4. The Morgan fingerprint density at radius 1 is 1.10 bits per heavy atom. The molecule has 0 spiro atoms. The predicted octanol–water partition coefficient (Wildman–Crippen LogP) is 3.12. The molecule has 3 aliphatic heterocycles. The monoisotopic (exact) mass is 564 g/mol. The molecule has 6 rings (SSSR count). The zero-order valence-corrected chi connectivity index (χ0v) is 23.4. The van der Waals surface area contributed by atoms with Gasteiger partial charge in [-0.3, -0.25) is 14.4 Å². The van der Waals surface area contributed by atoms with Gasteiger partial charge in [0.1, 0.15) is 0 Å². The van der Waals surface area contributed by atoms with Crippen LogP contribution < -0.4 is 21.3 Å². The molecule has 4 N–H and O–H groups in total. The minimum absolute atomic E-state index is 0.00283. The number of rotatable bonds is 8. The van der Waals surface area contributed by atoms with Crippen molar-refractivity contribution in [1.82, 2.24) is 25.8 Å². The topological polar surface area (TPSA) is 115 Å². The molecule has 0 unspecified atom stereocenters. The molecule has 2 aromatic heterocycles. The molecular weight excluding hydrogens is 532 g/mol. The summed E-state index contributed by atoms with van der Waals surface area (Å²) in [5.74, 6) is 0.635. The van der Waals surface area contributed by atoms with Gasteiger partial charge in [0, 0.05) is 57.7 Å². The van der Waals surface area contributed by atoms with Crippen LogP contribution in [-0.4, -0.2) is 66.4 Å². The molecule has 11 heteroatoms. The number of likely N-dealkylation sites (tertiary alicyclic amines) is 1. The Bertz CT molecular complexity index is 1390.